The summed E-state index contributed by atoms with van der Waals surface area (Å²) >= 11 is 6.32. The minimum atomic E-state index is -1.90. The van der Waals surface area contributed by atoms with Gasteiger partial charge in [-0.1, -0.05) is 18.5 Å². The fraction of sp³-hybridized carbons (Fsp3) is 0.375. The van der Waals surface area contributed by atoms with Crippen molar-refractivity contribution in [3.05, 3.63) is 61.1 Å². The third-order valence-electron chi connectivity index (χ3n) is 7.45. The van der Waals surface area contributed by atoms with E-state index in [-0.39, 0.29) is 47.2 Å². The van der Waals surface area contributed by atoms with Gasteiger partial charge in [0.1, 0.15) is 12.4 Å². The summed E-state index contributed by atoms with van der Waals surface area (Å²) in [6.45, 7) is 2.15. The molecular formula is C24H21ClFN3O4. The number of cyclic esters (lactones) is 1. The van der Waals surface area contributed by atoms with Crippen LogP contribution in [0.5, 0.6) is 0 Å². The second-order valence-corrected chi connectivity index (χ2v) is 9.35. The zero-order valence-electron chi connectivity index (χ0n) is 17.9. The van der Waals surface area contributed by atoms with Gasteiger partial charge in [-0.2, -0.15) is 0 Å². The third kappa shape index (κ3) is 2.54. The Balaban J connectivity index is 1.70. The number of carbonyl (C=O) groups excluding carboxylic acids is 1. The lowest BCUT2D eigenvalue weighted by Crippen LogP contribution is -2.44. The van der Waals surface area contributed by atoms with Crippen LogP contribution in [0, 0.1) is 5.82 Å². The highest BCUT2D eigenvalue weighted by atomic mass is 35.5. The van der Waals surface area contributed by atoms with Crippen LogP contribution in [0.1, 0.15) is 53.5 Å². The maximum atomic E-state index is 14.6. The molecule has 0 amide bonds. The van der Waals surface area contributed by atoms with Gasteiger partial charge in [-0.25, -0.2) is 14.2 Å². The molecule has 0 spiro atoms. The Hall–Kier alpha value is -2.81. The van der Waals surface area contributed by atoms with Crippen molar-refractivity contribution in [2.75, 3.05) is 6.54 Å². The minimum absolute atomic E-state index is 0.0235. The maximum Gasteiger partial charge on any atom is 0.343 e. The number of aryl methyl sites for hydroxylation is 1. The molecule has 0 saturated carbocycles. The van der Waals surface area contributed by atoms with E-state index in [2.05, 4.69) is 0 Å². The highest BCUT2D eigenvalue weighted by Crippen LogP contribution is 2.47. The second-order valence-electron chi connectivity index (χ2n) is 8.97. The number of halogens is 2. The maximum absolute atomic E-state index is 14.6. The predicted octanol–water partition coefficient (Wildman–Crippen LogP) is 2.86. The van der Waals surface area contributed by atoms with Crippen molar-refractivity contribution in [3.63, 3.8) is 0 Å². The molecular weight excluding hydrogens is 449 g/mol. The van der Waals surface area contributed by atoms with Crippen LogP contribution in [0.25, 0.3) is 22.3 Å². The SMILES string of the molecule is CC[C@@]1(O)C(=O)OCc2c1cc1n(c2=O)Cc2c-1nc1cc(F)c(Cl)c3c1c2[C@@H](CN)CC3. The highest BCUT2D eigenvalue weighted by Gasteiger charge is 2.45. The normalized spacial score (nSPS) is 22.7. The molecule has 6 rings (SSSR count). The molecule has 4 heterocycles. The molecule has 9 heteroatoms. The van der Waals surface area contributed by atoms with E-state index < -0.39 is 17.4 Å². The number of rotatable bonds is 2. The number of hydrogen-bond donors (Lipinski definition) is 2. The summed E-state index contributed by atoms with van der Waals surface area (Å²) in [6.07, 6.45) is 1.39. The molecule has 1 aliphatic carbocycles. The molecule has 3 aliphatic rings. The number of aliphatic hydroxyl groups is 1. The summed E-state index contributed by atoms with van der Waals surface area (Å²) in [6, 6.07) is 2.98. The standard InChI is InChI=1S/C24H21ClFN3O4/c1-2-24(32)14-5-17-21-12(8-29(17)22(30)13(14)9-33-23(24)31)18-10(7-27)3-4-11-19(18)16(28-21)6-15(26)20(11)25/h5-6,10,32H,2-4,7-9,27H2,1H3/t10-,24+/m1/s1. The van der Waals surface area contributed by atoms with E-state index in [1.807, 2.05) is 0 Å². The molecule has 3 N–H and O–H groups in total. The summed E-state index contributed by atoms with van der Waals surface area (Å²) in [5, 5.41) is 12.0. The topological polar surface area (TPSA) is 107 Å². The van der Waals surface area contributed by atoms with Crippen molar-refractivity contribution in [1.82, 2.24) is 9.55 Å². The van der Waals surface area contributed by atoms with E-state index in [1.165, 1.54) is 6.07 Å². The van der Waals surface area contributed by atoms with Gasteiger partial charge in [0.15, 0.2) is 5.60 Å². The van der Waals surface area contributed by atoms with Crippen molar-refractivity contribution in [3.8, 4) is 11.4 Å². The lowest BCUT2D eigenvalue weighted by Gasteiger charge is -2.31. The molecule has 3 aromatic rings. The average Bonchev–Trinajstić information content (AvgIpc) is 3.18. The van der Waals surface area contributed by atoms with Gasteiger partial charge in [0, 0.05) is 22.6 Å². The lowest BCUT2D eigenvalue weighted by atomic mass is 9.79. The van der Waals surface area contributed by atoms with E-state index in [4.69, 9.17) is 27.1 Å². The van der Waals surface area contributed by atoms with Gasteiger partial charge >= 0.3 is 5.97 Å². The average molecular weight is 470 g/mol. The van der Waals surface area contributed by atoms with Gasteiger partial charge in [0.05, 0.1) is 34.0 Å². The molecule has 33 heavy (non-hydrogen) atoms. The lowest BCUT2D eigenvalue weighted by molar-refractivity contribution is -0.172. The number of ether oxygens (including phenoxy) is 1. The number of esters is 1. The molecule has 2 aliphatic heterocycles. The number of fused-ring (bicyclic) bond motifs is 5. The van der Waals surface area contributed by atoms with Crippen molar-refractivity contribution < 1.29 is 19.0 Å². The Morgan fingerprint density at radius 3 is 2.85 bits per heavy atom. The molecule has 0 fully saturated rings. The van der Waals surface area contributed by atoms with Crippen LogP contribution >= 0.6 is 11.6 Å². The van der Waals surface area contributed by atoms with Crippen molar-refractivity contribution in [1.29, 1.82) is 0 Å². The van der Waals surface area contributed by atoms with Gasteiger partial charge in [-0.05, 0) is 48.9 Å². The quantitative estimate of drug-likeness (QED) is 0.437. The predicted molar refractivity (Wildman–Crippen MR) is 120 cm³/mol. The zero-order valence-corrected chi connectivity index (χ0v) is 18.6. The summed E-state index contributed by atoms with van der Waals surface area (Å²) in [7, 11) is 0. The van der Waals surface area contributed by atoms with Crippen LogP contribution in [0.3, 0.4) is 0 Å². The van der Waals surface area contributed by atoms with E-state index in [0.29, 0.717) is 29.9 Å². The van der Waals surface area contributed by atoms with Gasteiger partial charge in [-0.15, -0.1) is 0 Å². The van der Waals surface area contributed by atoms with E-state index in [0.717, 1.165) is 28.5 Å². The Bertz CT molecular complexity index is 1470. The minimum Gasteiger partial charge on any atom is -0.458 e. The van der Waals surface area contributed by atoms with Gasteiger partial charge in [-0.3, -0.25) is 4.79 Å². The number of aromatic nitrogens is 2. The number of carbonyl (C=O) groups is 1. The number of nitrogens with two attached hydrogens (primary N) is 1. The Labute approximate surface area is 192 Å². The van der Waals surface area contributed by atoms with Crippen molar-refractivity contribution in [2.24, 2.45) is 5.73 Å². The fourth-order valence-corrected chi connectivity index (χ4v) is 5.93. The Morgan fingerprint density at radius 2 is 2.12 bits per heavy atom. The van der Waals surface area contributed by atoms with Crippen LogP contribution in [0.2, 0.25) is 5.02 Å². The largest absolute Gasteiger partial charge is 0.458 e. The second kappa shape index (κ2) is 6.85. The van der Waals surface area contributed by atoms with Crippen LogP contribution < -0.4 is 11.3 Å². The van der Waals surface area contributed by atoms with Gasteiger partial charge in [0.2, 0.25) is 0 Å². The first kappa shape index (κ1) is 20.8. The van der Waals surface area contributed by atoms with Crippen LogP contribution in [-0.4, -0.2) is 27.2 Å². The number of pyridine rings is 2. The summed E-state index contributed by atoms with van der Waals surface area (Å²) in [4.78, 5) is 30.6. The molecule has 2 atom stereocenters. The van der Waals surface area contributed by atoms with Crippen molar-refractivity contribution >= 4 is 28.5 Å². The van der Waals surface area contributed by atoms with Crippen LogP contribution in [0.15, 0.2) is 16.9 Å². The van der Waals surface area contributed by atoms with Crippen molar-refractivity contribution in [2.45, 2.75) is 50.9 Å². The molecule has 0 saturated heterocycles. The van der Waals surface area contributed by atoms with E-state index in [9.17, 15) is 19.1 Å². The monoisotopic (exact) mass is 469 g/mol. The number of nitrogens with zero attached hydrogens (tertiary/aromatic N) is 2. The number of hydrogen-bond acceptors (Lipinski definition) is 6. The molecule has 0 radical (unpaired) electrons. The molecule has 1 aromatic carbocycles. The third-order valence-corrected chi connectivity index (χ3v) is 7.85. The number of benzene rings is 1. The smallest absolute Gasteiger partial charge is 0.343 e. The molecule has 7 nitrogen and oxygen atoms in total. The molecule has 2 aromatic heterocycles. The van der Waals surface area contributed by atoms with E-state index >= 15 is 0 Å². The van der Waals surface area contributed by atoms with Gasteiger partial charge < -0.3 is 20.1 Å². The molecule has 0 unspecified atom stereocenters. The van der Waals surface area contributed by atoms with Crippen LogP contribution in [0.4, 0.5) is 4.39 Å². The first-order chi connectivity index (χ1) is 15.8. The molecule has 170 valence electrons. The highest BCUT2D eigenvalue weighted by molar-refractivity contribution is 6.32. The van der Waals surface area contributed by atoms with E-state index in [1.54, 1.807) is 17.6 Å². The summed E-state index contributed by atoms with van der Waals surface area (Å²) in [5.74, 6) is -1.28. The summed E-state index contributed by atoms with van der Waals surface area (Å²) in [5.41, 5.74) is 8.43. The first-order valence-corrected chi connectivity index (χ1v) is 11.4. The molecule has 0 bridgehead atoms. The van der Waals surface area contributed by atoms with Crippen LogP contribution in [-0.2, 0) is 34.7 Å². The fourth-order valence-electron chi connectivity index (χ4n) is 5.69. The zero-order chi connectivity index (χ0) is 23.2. The Morgan fingerprint density at radius 1 is 1.33 bits per heavy atom. The Kier molecular flexibility index (Phi) is 4.31. The first-order valence-electron chi connectivity index (χ1n) is 11.0. The summed E-state index contributed by atoms with van der Waals surface area (Å²) < 4.78 is 21.3. The van der Waals surface area contributed by atoms with Gasteiger partial charge in [0.25, 0.3) is 5.56 Å².